The van der Waals surface area contributed by atoms with Crippen LogP contribution in [0, 0.1) is 10.1 Å². The van der Waals surface area contributed by atoms with E-state index in [1.54, 1.807) is 11.0 Å². The molecule has 1 saturated heterocycles. The van der Waals surface area contributed by atoms with Gasteiger partial charge in [0, 0.05) is 24.7 Å². The molecule has 0 unspecified atom stereocenters. The second kappa shape index (κ2) is 8.45. The number of alkyl halides is 3. The zero-order chi connectivity index (χ0) is 22.9. The summed E-state index contributed by atoms with van der Waals surface area (Å²) in [4.78, 5) is 30.0. The summed E-state index contributed by atoms with van der Waals surface area (Å²) in [6.07, 6.45) is -1.84. The lowest BCUT2D eigenvalue weighted by Gasteiger charge is -2.26. The molecule has 0 saturated carbocycles. The number of hydrogen-bond acceptors (Lipinski definition) is 5. The number of rotatable bonds is 4. The molecule has 2 heterocycles. The average Bonchev–Trinajstić information content (AvgIpc) is 3.24. The highest BCUT2D eigenvalue weighted by molar-refractivity contribution is 5.99. The predicted molar refractivity (Wildman–Crippen MR) is 109 cm³/mol. The van der Waals surface area contributed by atoms with E-state index in [4.69, 9.17) is 4.42 Å². The van der Waals surface area contributed by atoms with E-state index in [0.717, 1.165) is 31.4 Å². The summed E-state index contributed by atoms with van der Waals surface area (Å²) in [6.45, 7) is 1.05. The number of hydrogen-bond donors (Lipinski definition) is 0. The standard InChI is InChI=1S/C22H18F3N3O4/c23-22(24,25)15-10-8-14(9-11-15)20-26-18(21(29)27-12-4-1-5-13-27)19(32-20)16-6-2-3-7-17(16)28(30)31/h2-3,6-11H,1,4-5,12-13H2. The van der Waals surface area contributed by atoms with Crippen LogP contribution in [0.4, 0.5) is 18.9 Å². The Labute approximate surface area is 180 Å². The molecule has 0 atom stereocenters. The molecule has 0 aliphatic carbocycles. The van der Waals surface area contributed by atoms with Gasteiger partial charge in [0.2, 0.25) is 5.89 Å². The summed E-state index contributed by atoms with van der Waals surface area (Å²) < 4.78 is 44.4. The van der Waals surface area contributed by atoms with Crippen LogP contribution in [-0.4, -0.2) is 33.8 Å². The van der Waals surface area contributed by atoms with Gasteiger partial charge >= 0.3 is 6.18 Å². The molecule has 0 bridgehead atoms. The number of nitro benzene ring substituents is 1. The molecular weight excluding hydrogens is 427 g/mol. The number of aromatic nitrogens is 1. The molecule has 4 rings (SSSR count). The van der Waals surface area contributed by atoms with Crippen molar-refractivity contribution in [3.05, 3.63) is 69.9 Å². The van der Waals surface area contributed by atoms with Gasteiger partial charge in [0.15, 0.2) is 11.5 Å². The van der Waals surface area contributed by atoms with Crippen molar-refractivity contribution in [3.8, 4) is 22.8 Å². The summed E-state index contributed by atoms with van der Waals surface area (Å²) in [6, 6.07) is 9.93. The third-order valence-electron chi connectivity index (χ3n) is 5.28. The van der Waals surface area contributed by atoms with Crippen molar-refractivity contribution >= 4 is 11.6 Å². The lowest BCUT2D eigenvalue weighted by molar-refractivity contribution is -0.384. The number of oxazole rings is 1. The molecule has 3 aromatic rings. The van der Waals surface area contributed by atoms with E-state index in [2.05, 4.69) is 4.98 Å². The van der Waals surface area contributed by atoms with Crippen LogP contribution in [0.3, 0.4) is 0 Å². The van der Waals surface area contributed by atoms with Crippen LogP contribution in [0.5, 0.6) is 0 Å². The normalized spacial score (nSPS) is 14.4. The van der Waals surface area contributed by atoms with Crippen molar-refractivity contribution in [2.75, 3.05) is 13.1 Å². The lowest BCUT2D eigenvalue weighted by atomic mass is 10.1. The van der Waals surface area contributed by atoms with Crippen LogP contribution in [-0.2, 0) is 6.18 Å². The van der Waals surface area contributed by atoms with Crippen LogP contribution < -0.4 is 0 Å². The van der Waals surface area contributed by atoms with Crippen LogP contribution in [0.15, 0.2) is 52.9 Å². The Hall–Kier alpha value is -3.69. The molecule has 2 aromatic carbocycles. The van der Waals surface area contributed by atoms with Crippen LogP contribution in [0.2, 0.25) is 0 Å². The number of nitro groups is 1. The number of halogens is 3. The van der Waals surface area contributed by atoms with Crippen molar-refractivity contribution in [2.24, 2.45) is 0 Å². The molecule has 0 radical (unpaired) electrons. The lowest BCUT2D eigenvalue weighted by Crippen LogP contribution is -2.36. The number of piperidine rings is 1. The van der Waals surface area contributed by atoms with Gasteiger partial charge in [-0.2, -0.15) is 13.2 Å². The predicted octanol–water partition coefficient (Wildman–Crippen LogP) is 5.56. The third-order valence-corrected chi connectivity index (χ3v) is 5.28. The molecule has 1 aliphatic heterocycles. The van der Waals surface area contributed by atoms with Gasteiger partial charge in [0.05, 0.1) is 16.1 Å². The van der Waals surface area contributed by atoms with Crippen molar-refractivity contribution in [1.82, 2.24) is 9.88 Å². The van der Waals surface area contributed by atoms with E-state index in [0.29, 0.717) is 13.1 Å². The van der Waals surface area contributed by atoms with Gasteiger partial charge in [-0.25, -0.2) is 4.98 Å². The van der Waals surface area contributed by atoms with E-state index in [1.807, 2.05) is 0 Å². The number of amides is 1. The average molecular weight is 445 g/mol. The number of carbonyl (C=O) groups excluding carboxylic acids is 1. The fraction of sp³-hybridized carbons (Fsp3) is 0.273. The van der Waals surface area contributed by atoms with Crippen molar-refractivity contribution in [2.45, 2.75) is 25.4 Å². The van der Waals surface area contributed by atoms with Gasteiger partial charge in [-0.15, -0.1) is 0 Å². The summed E-state index contributed by atoms with van der Waals surface area (Å²) in [7, 11) is 0. The Bertz CT molecular complexity index is 1150. The molecule has 1 fully saturated rings. The van der Waals surface area contributed by atoms with Crippen molar-refractivity contribution in [1.29, 1.82) is 0 Å². The summed E-state index contributed by atoms with van der Waals surface area (Å²) in [5.41, 5.74) is -0.915. The van der Waals surface area contributed by atoms with Gasteiger partial charge < -0.3 is 9.32 Å². The maximum Gasteiger partial charge on any atom is 0.416 e. The number of nitrogens with zero attached hydrogens (tertiary/aromatic N) is 3. The first-order valence-electron chi connectivity index (χ1n) is 9.97. The minimum atomic E-state index is -4.50. The molecule has 0 spiro atoms. The first kappa shape index (κ1) is 21.5. The SMILES string of the molecule is O=C(c1nc(-c2ccc(C(F)(F)F)cc2)oc1-c1ccccc1[N+](=O)[O-])N1CCCCC1. The highest BCUT2D eigenvalue weighted by Crippen LogP contribution is 2.37. The zero-order valence-electron chi connectivity index (χ0n) is 16.8. The van der Waals surface area contributed by atoms with Gasteiger partial charge in [0.25, 0.3) is 11.6 Å². The molecule has 166 valence electrons. The fourth-order valence-corrected chi connectivity index (χ4v) is 3.64. The first-order valence-corrected chi connectivity index (χ1v) is 9.97. The topological polar surface area (TPSA) is 89.5 Å². The Morgan fingerprint density at radius 2 is 1.69 bits per heavy atom. The molecule has 32 heavy (non-hydrogen) atoms. The minimum absolute atomic E-state index is 0.0727. The summed E-state index contributed by atoms with van der Waals surface area (Å²) in [5.74, 6) is -0.602. The Balaban J connectivity index is 1.82. The zero-order valence-corrected chi connectivity index (χ0v) is 16.8. The first-order chi connectivity index (χ1) is 15.3. The van der Waals surface area contributed by atoms with E-state index in [-0.39, 0.29) is 34.2 Å². The molecule has 1 aromatic heterocycles. The van der Waals surface area contributed by atoms with Gasteiger partial charge in [0.1, 0.15) is 0 Å². The Morgan fingerprint density at radius 3 is 2.31 bits per heavy atom. The minimum Gasteiger partial charge on any atom is -0.435 e. The second-order valence-corrected chi connectivity index (χ2v) is 7.40. The highest BCUT2D eigenvalue weighted by atomic mass is 19.4. The van der Waals surface area contributed by atoms with Gasteiger partial charge in [-0.3, -0.25) is 14.9 Å². The maximum absolute atomic E-state index is 13.2. The molecule has 10 heteroatoms. The molecule has 1 amide bonds. The van der Waals surface area contributed by atoms with Crippen LogP contribution in [0.1, 0.15) is 35.3 Å². The van der Waals surface area contributed by atoms with E-state index < -0.39 is 22.6 Å². The van der Waals surface area contributed by atoms with E-state index >= 15 is 0 Å². The second-order valence-electron chi connectivity index (χ2n) is 7.40. The Kier molecular flexibility index (Phi) is 5.68. The number of likely N-dealkylation sites (tertiary alicyclic amines) is 1. The summed E-state index contributed by atoms with van der Waals surface area (Å²) in [5, 5.41) is 11.5. The molecule has 0 N–H and O–H groups in total. The Morgan fingerprint density at radius 1 is 1.03 bits per heavy atom. The van der Waals surface area contributed by atoms with Gasteiger partial charge in [-0.1, -0.05) is 12.1 Å². The molecule has 7 nitrogen and oxygen atoms in total. The van der Waals surface area contributed by atoms with Crippen LogP contribution >= 0.6 is 0 Å². The largest absolute Gasteiger partial charge is 0.435 e. The number of carbonyl (C=O) groups is 1. The quantitative estimate of drug-likeness (QED) is 0.387. The molecule has 1 aliphatic rings. The third kappa shape index (κ3) is 4.20. The van der Waals surface area contributed by atoms with Crippen molar-refractivity contribution in [3.63, 3.8) is 0 Å². The van der Waals surface area contributed by atoms with Crippen LogP contribution in [0.25, 0.3) is 22.8 Å². The number of benzene rings is 2. The maximum atomic E-state index is 13.2. The number of para-hydroxylation sites is 1. The smallest absolute Gasteiger partial charge is 0.416 e. The van der Waals surface area contributed by atoms with E-state index in [9.17, 15) is 28.1 Å². The molecular formula is C22H18F3N3O4. The highest BCUT2D eigenvalue weighted by Gasteiger charge is 2.32. The summed E-state index contributed by atoms with van der Waals surface area (Å²) >= 11 is 0. The fourth-order valence-electron chi connectivity index (χ4n) is 3.64. The monoisotopic (exact) mass is 445 g/mol. The van der Waals surface area contributed by atoms with Gasteiger partial charge in [-0.05, 0) is 49.6 Å². The van der Waals surface area contributed by atoms with Crippen molar-refractivity contribution < 1.29 is 27.3 Å². The van der Waals surface area contributed by atoms with E-state index in [1.165, 1.54) is 30.3 Å².